The third-order valence-electron chi connectivity index (χ3n) is 2.42. The molecule has 4 heteroatoms. The minimum absolute atomic E-state index is 0.165. The summed E-state index contributed by atoms with van der Waals surface area (Å²) in [5.41, 5.74) is 6.04. The molecular weight excluding hydrogens is 230 g/mol. The third-order valence-corrected chi connectivity index (χ3v) is 2.42. The number of benzene rings is 1. The fourth-order valence-electron chi connectivity index (χ4n) is 1.51. The van der Waals surface area contributed by atoms with Crippen molar-refractivity contribution in [2.24, 2.45) is 5.73 Å². The lowest BCUT2D eigenvalue weighted by Gasteiger charge is -2.04. The molecule has 0 aliphatic heterocycles. The fraction of sp³-hybridized carbons (Fsp3) is 0.500. The van der Waals surface area contributed by atoms with Crippen LogP contribution in [0.15, 0.2) is 30.3 Å². The van der Waals surface area contributed by atoms with E-state index in [0.717, 1.165) is 12.0 Å². The topological polar surface area (TPSA) is 61.6 Å². The van der Waals surface area contributed by atoms with E-state index in [-0.39, 0.29) is 5.78 Å². The van der Waals surface area contributed by atoms with Gasteiger partial charge < -0.3 is 15.2 Å². The van der Waals surface area contributed by atoms with Crippen LogP contribution >= 0.6 is 0 Å². The molecule has 100 valence electrons. The molecule has 0 aliphatic rings. The van der Waals surface area contributed by atoms with Crippen LogP contribution < -0.4 is 5.73 Å². The first-order valence-electron chi connectivity index (χ1n) is 6.28. The lowest BCUT2D eigenvalue weighted by molar-refractivity contribution is 0.0489. The summed E-state index contributed by atoms with van der Waals surface area (Å²) in [5, 5.41) is 0. The molecule has 0 aromatic heterocycles. The van der Waals surface area contributed by atoms with Gasteiger partial charge in [-0.3, -0.25) is 4.79 Å². The molecule has 0 fully saturated rings. The molecule has 1 aromatic carbocycles. The Kier molecular flexibility index (Phi) is 8.04. The van der Waals surface area contributed by atoms with E-state index in [4.69, 9.17) is 15.2 Å². The normalized spacial score (nSPS) is 10.5. The Balaban J connectivity index is 2.00. The second-order valence-corrected chi connectivity index (χ2v) is 3.91. The SMILES string of the molecule is NCCOCCOCCCC(=O)c1ccccc1. The van der Waals surface area contributed by atoms with Crippen LogP contribution in [0, 0.1) is 0 Å². The van der Waals surface area contributed by atoms with Crippen LogP contribution in [0.25, 0.3) is 0 Å². The molecule has 0 spiro atoms. The number of carbonyl (C=O) groups excluding carboxylic acids is 1. The van der Waals surface area contributed by atoms with Crippen LogP contribution in [0.1, 0.15) is 23.2 Å². The number of hydrogen-bond acceptors (Lipinski definition) is 4. The molecule has 0 atom stereocenters. The van der Waals surface area contributed by atoms with Gasteiger partial charge in [0, 0.05) is 25.1 Å². The number of nitrogens with two attached hydrogens (primary N) is 1. The standard InChI is InChI=1S/C14H21NO3/c15-8-10-18-12-11-17-9-4-7-14(16)13-5-2-1-3-6-13/h1-3,5-6H,4,7-12,15H2. The highest BCUT2D eigenvalue weighted by Gasteiger charge is 2.03. The Morgan fingerprint density at radius 1 is 1.00 bits per heavy atom. The predicted molar refractivity (Wildman–Crippen MR) is 70.7 cm³/mol. The first-order valence-corrected chi connectivity index (χ1v) is 6.28. The van der Waals surface area contributed by atoms with Crippen LogP contribution in [-0.4, -0.2) is 38.8 Å². The zero-order chi connectivity index (χ0) is 13.1. The summed E-state index contributed by atoms with van der Waals surface area (Å²) in [5.74, 6) is 0.165. The summed E-state index contributed by atoms with van der Waals surface area (Å²) < 4.78 is 10.5. The molecule has 0 radical (unpaired) electrons. The van der Waals surface area contributed by atoms with E-state index in [1.54, 1.807) is 0 Å². The van der Waals surface area contributed by atoms with Gasteiger partial charge in [-0.2, -0.15) is 0 Å². The lowest BCUT2D eigenvalue weighted by atomic mass is 10.1. The minimum atomic E-state index is 0.165. The summed E-state index contributed by atoms with van der Waals surface area (Å²) in [6.07, 6.45) is 1.26. The molecule has 0 heterocycles. The van der Waals surface area contributed by atoms with E-state index in [1.807, 2.05) is 30.3 Å². The van der Waals surface area contributed by atoms with Crippen LogP contribution in [0.3, 0.4) is 0 Å². The van der Waals surface area contributed by atoms with Crippen molar-refractivity contribution in [3.8, 4) is 0 Å². The van der Waals surface area contributed by atoms with Crippen LogP contribution in [0.4, 0.5) is 0 Å². The number of carbonyl (C=O) groups is 1. The van der Waals surface area contributed by atoms with Gasteiger partial charge in [0.1, 0.15) is 0 Å². The van der Waals surface area contributed by atoms with E-state index >= 15 is 0 Å². The van der Waals surface area contributed by atoms with Gasteiger partial charge in [0.2, 0.25) is 0 Å². The number of ketones is 1. The molecule has 1 aromatic rings. The highest BCUT2D eigenvalue weighted by molar-refractivity contribution is 5.95. The van der Waals surface area contributed by atoms with Crippen molar-refractivity contribution in [1.29, 1.82) is 0 Å². The van der Waals surface area contributed by atoms with Crippen molar-refractivity contribution < 1.29 is 14.3 Å². The largest absolute Gasteiger partial charge is 0.379 e. The Hall–Kier alpha value is -1.23. The van der Waals surface area contributed by atoms with Gasteiger partial charge in [-0.25, -0.2) is 0 Å². The van der Waals surface area contributed by atoms with Gasteiger partial charge in [-0.1, -0.05) is 30.3 Å². The molecule has 1 rings (SSSR count). The van der Waals surface area contributed by atoms with E-state index < -0.39 is 0 Å². The first-order chi connectivity index (χ1) is 8.84. The average Bonchev–Trinajstić information content (AvgIpc) is 2.42. The Labute approximate surface area is 108 Å². The van der Waals surface area contributed by atoms with Crippen LogP contribution in [-0.2, 0) is 9.47 Å². The van der Waals surface area contributed by atoms with E-state index in [1.165, 1.54) is 0 Å². The maximum atomic E-state index is 11.7. The fourth-order valence-corrected chi connectivity index (χ4v) is 1.51. The van der Waals surface area contributed by atoms with Crippen molar-refractivity contribution in [3.63, 3.8) is 0 Å². The molecular formula is C14H21NO3. The summed E-state index contributed by atoms with van der Waals surface area (Å²) in [6.45, 7) is 2.80. The zero-order valence-corrected chi connectivity index (χ0v) is 10.6. The molecule has 0 unspecified atom stereocenters. The van der Waals surface area contributed by atoms with Crippen molar-refractivity contribution in [2.75, 3.05) is 33.0 Å². The van der Waals surface area contributed by atoms with E-state index in [2.05, 4.69) is 0 Å². The Bertz CT molecular complexity index is 327. The van der Waals surface area contributed by atoms with Gasteiger partial charge in [-0.15, -0.1) is 0 Å². The lowest BCUT2D eigenvalue weighted by Crippen LogP contribution is -2.12. The monoisotopic (exact) mass is 251 g/mol. The summed E-state index contributed by atoms with van der Waals surface area (Å²) in [4.78, 5) is 11.7. The smallest absolute Gasteiger partial charge is 0.162 e. The van der Waals surface area contributed by atoms with E-state index in [9.17, 15) is 4.79 Å². The number of hydrogen-bond donors (Lipinski definition) is 1. The molecule has 0 saturated carbocycles. The third kappa shape index (κ3) is 6.49. The first kappa shape index (κ1) is 14.8. The highest BCUT2D eigenvalue weighted by Crippen LogP contribution is 2.04. The quantitative estimate of drug-likeness (QED) is 0.507. The van der Waals surface area contributed by atoms with Crippen molar-refractivity contribution in [3.05, 3.63) is 35.9 Å². The average molecular weight is 251 g/mol. The molecule has 0 saturated heterocycles. The molecule has 4 nitrogen and oxygen atoms in total. The predicted octanol–water partition coefficient (Wildman–Crippen LogP) is 1.64. The summed E-state index contributed by atoms with van der Waals surface area (Å²) >= 11 is 0. The number of rotatable bonds is 10. The summed E-state index contributed by atoms with van der Waals surface area (Å²) in [6, 6.07) is 9.33. The number of ether oxygens (including phenoxy) is 2. The van der Waals surface area contributed by atoms with E-state index in [0.29, 0.717) is 39.4 Å². The van der Waals surface area contributed by atoms with Crippen molar-refractivity contribution in [2.45, 2.75) is 12.8 Å². The van der Waals surface area contributed by atoms with Crippen LogP contribution in [0.5, 0.6) is 0 Å². The second-order valence-electron chi connectivity index (χ2n) is 3.91. The highest BCUT2D eigenvalue weighted by atomic mass is 16.5. The second kappa shape index (κ2) is 9.76. The molecule has 2 N–H and O–H groups in total. The van der Waals surface area contributed by atoms with Crippen molar-refractivity contribution >= 4 is 5.78 Å². The summed E-state index contributed by atoms with van der Waals surface area (Å²) in [7, 11) is 0. The molecule has 0 amide bonds. The van der Waals surface area contributed by atoms with Gasteiger partial charge in [0.15, 0.2) is 5.78 Å². The number of Topliss-reactive ketones (excluding diaryl/α,β-unsaturated/α-hetero) is 1. The maximum absolute atomic E-state index is 11.7. The molecule has 0 aliphatic carbocycles. The molecule has 0 bridgehead atoms. The van der Waals surface area contributed by atoms with Crippen molar-refractivity contribution in [1.82, 2.24) is 0 Å². The van der Waals surface area contributed by atoms with Crippen LogP contribution in [0.2, 0.25) is 0 Å². The van der Waals surface area contributed by atoms with Gasteiger partial charge in [0.25, 0.3) is 0 Å². The van der Waals surface area contributed by atoms with Gasteiger partial charge in [-0.05, 0) is 6.42 Å². The minimum Gasteiger partial charge on any atom is -0.379 e. The van der Waals surface area contributed by atoms with Gasteiger partial charge >= 0.3 is 0 Å². The Morgan fingerprint density at radius 2 is 1.67 bits per heavy atom. The zero-order valence-electron chi connectivity index (χ0n) is 10.6. The maximum Gasteiger partial charge on any atom is 0.162 e. The molecule has 18 heavy (non-hydrogen) atoms. The van der Waals surface area contributed by atoms with Gasteiger partial charge in [0.05, 0.1) is 19.8 Å². The Morgan fingerprint density at radius 3 is 2.33 bits per heavy atom.